The van der Waals surface area contributed by atoms with Crippen LogP contribution in [0.3, 0.4) is 0 Å². The highest BCUT2D eigenvalue weighted by Gasteiger charge is 2.14. The first-order valence-corrected chi connectivity index (χ1v) is 4.92. The van der Waals surface area contributed by atoms with Gasteiger partial charge in [-0.2, -0.15) is 0 Å². The van der Waals surface area contributed by atoms with Crippen molar-refractivity contribution in [3.8, 4) is 17.2 Å². The maximum Gasteiger partial charge on any atom is 0.339 e. The average molecular weight is 233 g/mol. The number of esters is 1. The van der Waals surface area contributed by atoms with Crippen LogP contribution in [0.15, 0.2) is 35.1 Å². The number of furan rings is 1. The zero-order chi connectivity index (χ0) is 12.3. The van der Waals surface area contributed by atoms with E-state index in [1.165, 1.54) is 20.4 Å². The van der Waals surface area contributed by atoms with E-state index in [0.717, 1.165) is 0 Å². The number of nitrogens with zero attached hydrogens (tertiary/aromatic N) is 1. The number of hydrogen-bond donors (Lipinski definition) is 0. The maximum atomic E-state index is 11.4. The van der Waals surface area contributed by atoms with Crippen LogP contribution in [0, 0.1) is 0 Å². The molecule has 0 aliphatic heterocycles. The molecule has 0 saturated carbocycles. The lowest BCUT2D eigenvalue weighted by Crippen LogP contribution is -2.03. The van der Waals surface area contributed by atoms with Gasteiger partial charge in [0.05, 0.1) is 31.6 Å². The van der Waals surface area contributed by atoms with Crippen molar-refractivity contribution in [3.63, 3.8) is 0 Å². The summed E-state index contributed by atoms with van der Waals surface area (Å²) in [5.41, 5.74) is 0.958. The number of rotatable bonds is 3. The fraction of sp³-hybridized carbons (Fsp3) is 0.167. The highest BCUT2D eigenvalue weighted by Crippen LogP contribution is 2.29. The Kier molecular flexibility index (Phi) is 3.09. The molecule has 2 heterocycles. The van der Waals surface area contributed by atoms with Crippen LogP contribution in [-0.4, -0.2) is 25.2 Å². The van der Waals surface area contributed by atoms with Crippen LogP contribution in [-0.2, 0) is 4.74 Å². The van der Waals surface area contributed by atoms with Gasteiger partial charge in [-0.15, -0.1) is 0 Å². The maximum absolute atomic E-state index is 11.4. The second-order valence-corrected chi connectivity index (χ2v) is 3.25. The van der Waals surface area contributed by atoms with Gasteiger partial charge in [0.25, 0.3) is 0 Å². The molecule has 0 spiro atoms. The summed E-state index contributed by atoms with van der Waals surface area (Å²) in [5.74, 6) is 0.528. The van der Waals surface area contributed by atoms with Crippen molar-refractivity contribution in [1.29, 1.82) is 0 Å². The Hall–Kier alpha value is -2.30. The van der Waals surface area contributed by atoms with Crippen LogP contribution in [0.2, 0.25) is 0 Å². The second kappa shape index (κ2) is 4.69. The summed E-state index contributed by atoms with van der Waals surface area (Å²) in [7, 11) is 2.83. The average Bonchev–Trinajstić information content (AvgIpc) is 2.90. The normalized spacial score (nSPS) is 10.0. The van der Waals surface area contributed by atoms with Crippen molar-refractivity contribution in [2.45, 2.75) is 0 Å². The van der Waals surface area contributed by atoms with Crippen molar-refractivity contribution in [2.24, 2.45) is 0 Å². The molecule has 5 heteroatoms. The number of hydrogen-bond acceptors (Lipinski definition) is 5. The summed E-state index contributed by atoms with van der Waals surface area (Å²) >= 11 is 0. The lowest BCUT2D eigenvalue weighted by molar-refractivity contribution is 0.0600. The van der Waals surface area contributed by atoms with E-state index >= 15 is 0 Å². The molecular formula is C12H11NO4. The third-order valence-corrected chi connectivity index (χ3v) is 2.25. The largest absolute Gasteiger partial charge is 0.480 e. The highest BCUT2D eigenvalue weighted by molar-refractivity contribution is 5.90. The van der Waals surface area contributed by atoms with Gasteiger partial charge in [0.15, 0.2) is 0 Å². The van der Waals surface area contributed by atoms with E-state index in [9.17, 15) is 4.79 Å². The zero-order valence-electron chi connectivity index (χ0n) is 9.47. The molecule has 2 aromatic rings. The molecular weight excluding hydrogens is 222 g/mol. The summed E-state index contributed by atoms with van der Waals surface area (Å²) in [6, 6.07) is 5.14. The Morgan fingerprint density at radius 2 is 2.24 bits per heavy atom. The summed E-state index contributed by atoms with van der Waals surface area (Å²) < 4.78 is 15.0. The van der Waals surface area contributed by atoms with Crippen molar-refractivity contribution in [1.82, 2.24) is 4.98 Å². The zero-order valence-corrected chi connectivity index (χ0v) is 9.47. The molecule has 5 nitrogen and oxygen atoms in total. The predicted octanol–water partition coefficient (Wildman–Crippen LogP) is 2.14. The van der Waals surface area contributed by atoms with Gasteiger partial charge in [0, 0.05) is 6.20 Å². The van der Waals surface area contributed by atoms with E-state index < -0.39 is 5.97 Å². The Morgan fingerprint density at radius 1 is 1.41 bits per heavy atom. The van der Waals surface area contributed by atoms with Gasteiger partial charge in [-0.3, -0.25) is 0 Å². The Bertz CT molecular complexity index is 519. The topological polar surface area (TPSA) is 61.6 Å². The van der Waals surface area contributed by atoms with Gasteiger partial charge in [-0.1, -0.05) is 0 Å². The highest BCUT2D eigenvalue weighted by atomic mass is 16.5. The van der Waals surface area contributed by atoms with Crippen molar-refractivity contribution in [3.05, 3.63) is 36.2 Å². The number of carbonyl (C=O) groups is 1. The third-order valence-electron chi connectivity index (χ3n) is 2.25. The summed E-state index contributed by atoms with van der Waals surface area (Å²) in [5, 5.41) is 0. The van der Waals surface area contributed by atoms with Gasteiger partial charge in [0.2, 0.25) is 5.88 Å². The van der Waals surface area contributed by atoms with Crippen LogP contribution in [0.5, 0.6) is 5.88 Å². The molecule has 0 unspecified atom stereocenters. The summed E-state index contributed by atoms with van der Waals surface area (Å²) in [4.78, 5) is 15.4. The Labute approximate surface area is 98.0 Å². The fourth-order valence-corrected chi connectivity index (χ4v) is 1.45. The Balaban J connectivity index is 2.51. The minimum atomic E-state index is -0.451. The molecule has 2 aromatic heterocycles. The van der Waals surface area contributed by atoms with E-state index in [2.05, 4.69) is 9.72 Å². The molecule has 17 heavy (non-hydrogen) atoms. The van der Waals surface area contributed by atoms with Gasteiger partial charge >= 0.3 is 5.97 Å². The number of pyridine rings is 1. The monoisotopic (exact) mass is 233 g/mol. The van der Waals surface area contributed by atoms with E-state index in [1.807, 2.05) is 0 Å². The predicted molar refractivity (Wildman–Crippen MR) is 59.8 cm³/mol. The van der Waals surface area contributed by atoms with Crippen LogP contribution < -0.4 is 4.74 Å². The first-order chi connectivity index (χ1) is 8.26. The molecule has 0 N–H and O–H groups in total. The lowest BCUT2D eigenvalue weighted by Gasteiger charge is -2.06. The molecule has 0 aliphatic carbocycles. The fourth-order valence-electron chi connectivity index (χ4n) is 1.45. The molecule has 0 bridgehead atoms. The molecule has 88 valence electrons. The van der Waals surface area contributed by atoms with E-state index in [-0.39, 0.29) is 0 Å². The van der Waals surface area contributed by atoms with Gasteiger partial charge in [-0.05, 0) is 18.2 Å². The van der Waals surface area contributed by atoms with Crippen LogP contribution in [0.4, 0.5) is 0 Å². The standard InChI is InChI=1S/C12H11NO4/c1-15-11-9(10-4-3-5-17-10)6-8(7-13-11)12(14)16-2/h3-7H,1-2H3. The summed E-state index contributed by atoms with van der Waals surface area (Å²) in [6.07, 6.45) is 2.94. The minimum absolute atomic E-state index is 0.347. The first kappa shape index (κ1) is 11.2. The number of aromatic nitrogens is 1. The summed E-state index contributed by atoms with van der Waals surface area (Å²) in [6.45, 7) is 0. The van der Waals surface area contributed by atoms with Gasteiger partial charge in [0.1, 0.15) is 5.76 Å². The van der Waals surface area contributed by atoms with Crippen LogP contribution in [0.1, 0.15) is 10.4 Å². The van der Waals surface area contributed by atoms with E-state index in [4.69, 9.17) is 9.15 Å². The third kappa shape index (κ3) is 2.13. The lowest BCUT2D eigenvalue weighted by atomic mass is 10.1. The van der Waals surface area contributed by atoms with Crippen molar-refractivity contribution >= 4 is 5.97 Å². The second-order valence-electron chi connectivity index (χ2n) is 3.25. The number of ether oxygens (including phenoxy) is 2. The van der Waals surface area contributed by atoms with Crippen molar-refractivity contribution in [2.75, 3.05) is 14.2 Å². The molecule has 0 atom stereocenters. The molecule has 0 fully saturated rings. The number of carbonyl (C=O) groups excluding carboxylic acids is 1. The first-order valence-electron chi connectivity index (χ1n) is 4.92. The van der Waals surface area contributed by atoms with Gasteiger partial charge < -0.3 is 13.9 Å². The minimum Gasteiger partial charge on any atom is -0.480 e. The number of methoxy groups -OCH3 is 2. The Morgan fingerprint density at radius 3 is 2.82 bits per heavy atom. The molecule has 0 aliphatic rings. The van der Waals surface area contributed by atoms with Gasteiger partial charge in [-0.25, -0.2) is 9.78 Å². The SMILES string of the molecule is COC(=O)c1cnc(OC)c(-c2ccco2)c1. The van der Waals surface area contributed by atoms with Crippen LogP contribution >= 0.6 is 0 Å². The molecule has 0 aromatic carbocycles. The van der Waals surface area contributed by atoms with E-state index in [0.29, 0.717) is 22.8 Å². The smallest absolute Gasteiger partial charge is 0.339 e. The molecule has 0 amide bonds. The molecule has 0 radical (unpaired) electrons. The quantitative estimate of drug-likeness (QED) is 0.760. The molecule has 0 saturated heterocycles. The van der Waals surface area contributed by atoms with Crippen molar-refractivity contribution < 1.29 is 18.7 Å². The van der Waals surface area contributed by atoms with E-state index in [1.54, 1.807) is 24.5 Å². The van der Waals surface area contributed by atoms with Crippen LogP contribution in [0.25, 0.3) is 11.3 Å². The molecule has 2 rings (SSSR count).